The first-order valence-electron chi connectivity index (χ1n) is 10.6. The zero-order valence-electron chi connectivity index (χ0n) is 19.8. The van der Waals surface area contributed by atoms with E-state index in [1.165, 1.54) is 10.0 Å². The van der Waals surface area contributed by atoms with Crippen LogP contribution < -0.4 is 15.4 Å². The third-order valence-corrected chi connectivity index (χ3v) is 3.77. The minimum Gasteiger partial charge on any atom is -0.443 e. The van der Waals surface area contributed by atoms with Crippen molar-refractivity contribution in [2.75, 3.05) is 19.6 Å². The summed E-state index contributed by atoms with van der Waals surface area (Å²) in [5.41, 5.74) is 4.70. The first kappa shape index (κ1) is 26.4. The Hall–Kier alpha value is -2.68. The maximum atomic E-state index is 13.0. The lowest BCUT2D eigenvalue weighted by Crippen LogP contribution is -2.56. The second-order valence-electron chi connectivity index (χ2n) is 9.37. The molecule has 174 valence electrons. The Kier molecular flexibility index (Phi) is 10.4. The number of nitrogens with zero attached hydrogens (tertiary/aromatic N) is 3. The molecule has 0 saturated heterocycles. The molecule has 1 heterocycles. The monoisotopic (exact) mass is 436 g/mol. The van der Waals surface area contributed by atoms with Crippen LogP contribution in [0, 0.1) is 11.8 Å². The summed E-state index contributed by atoms with van der Waals surface area (Å²) in [6, 6.07) is 5.52. The van der Waals surface area contributed by atoms with E-state index >= 15 is 0 Å². The molecule has 0 spiro atoms. The van der Waals surface area contributed by atoms with Gasteiger partial charge < -0.3 is 4.74 Å². The fraction of sp³-hybridized carbons (Fsp3) is 0.636. The number of hydrogen-bond acceptors (Lipinski definition) is 5. The van der Waals surface area contributed by atoms with E-state index in [4.69, 9.17) is 4.74 Å². The number of hydrogen-bond donors (Lipinski definition) is 2. The van der Waals surface area contributed by atoms with Crippen molar-refractivity contribution in [3.8, 4) is 0 Å². The van der Waals surface area contributed by atoms with Gasteiger partial charge in [-0.3, -0.25) is 25.4 Å². The Bertz CT molecular complexity index is 716. The van der Waals surface area contributed by atoms with E-state index in [0.717, 1.165) is 0 Å². The van der Waals surface area contributed by atoms with Crippen molar-refractivity contribution in [2.24, 2.45) is 11.8 Å². The number of ether oxygens (including phenoxy) is 1. The summed E-state index contributed by atoms with van der Waals surface area (Å²) in [6.07, 6.45) is 2.94. The molecule has 0 aliphatic carbocycles. The van der Waals surface area contributed by atoms with E-state index in [-0.39, 0.29) is 36.7 Å². The standard InChI is InChI=1S/C22H37N5O4/c1-17(2)13-26(24-21(30)31-22(5,6)7)16-20(29)27(14-18(3)4)23-19(28)15-25-11-9-8-10-12-25/h8-12,17-18H,13-16H2,1-7H3,(H-,23,24,28,30)/p+1. The van der Waals surface area contributed by atoms with Crippen LogP contribution in [0.5, 0.6) is 0 Å². The Morgan fingerprint density at radius 3 is 2.03 bits per heavy atom. The third kappa shape index (κ3) is 11.9. The van der Waals surface area contributed by atoms with Gasteiger partial charge in [0.1, 0.15) is 5.60 Å². The van der Waals surface area contributed by atoms with Gasteiger partial charge in [0.2, 0.25) is 6.54 Å². The number of pyridine rings is 1. The Morgan fingerprint density at radius 2 is 1.52 bits per heavy atom. The molecule has 0 saturated carbocycles. The number of nitrogens with one attached hydrogen (secondary N) is 2. The number of carbonyl (C=O) groups excluding carboxylic acids is 3. The molecule has 31 heavy (non-hydrogen) atoms. The van der Waals surface area contributed by atoms with Gasteiger partial charge in [0.25, 0.3) is 5.91 Å². The summed E-state index contributed by atoms with van der Waals surface area (Å²) in [5.74, 6) is -0.283. The van der Waals surface area contributed by atoms with Crippen LogP contribution in [0.3, 0.4) is 0 Å². The highest BCUT2D eigenvalue weighted by Gasteiger charge is 2.24. The van der Waals surface area contributed by atoms with Gasteiger partial charge in [0.15, 0.2) is 12.4 Å². The molecule has 3 amide bonds. The second-order valence-corrected chi connectivity index (χ2v) is 9.37. The topological polar surface area (TPSA) is 94.9 Å². The summed E-state index contributed by atoms with van der Waals surface area (Å²) < 4.78 is 7.02. The van der Waals surface area contributed by atoms with Gasteiger partial charge >= 0.3 is 12.0 Å². The van der Waals surface area contributed by atoms with Crippen LogP contribution >= 0.6 is 0 Å². The second kappa shape index (κ2) is 12.2. The van der Waals surface area contributed by atoms with Crippen molar-refractivity contribution >= 4 is 17.9 Å². The summed E-state index contributed by atoms with van der Waals surface area (Å²) in [4.78, 5) is 37.7. The lowest BCUT2D eigenvalue weighted by atomic mass is 10.2. The van der Waals surface area contributed by atoms with Crippen LogP contribution in [-0.2, 0) is 20.9 Å². The average Bonchev–Trinajstić information content (AvgIpc) is 2.59. The van der Waals surface area contributed by atoms with E-state index in [2.05, 4.69) is 10.9 Å². The summed E-state index contributed by atoms with van der Waals surface area (Å²) in [7, 11) is 0. The minimum absolute atomic E-state index is 0.0918. The molecule has 0 fully saturated rings. The molecule has 1 aromatic rings. The molecule has 0 bridgehead atoms. The predicted molar refractivity (Wildman–Crippen MR) is 117 cm³/mol. The average molecular weight is 437 g/mol. The van der Waals surface area contributed by atoms with Gasteiger partial charge in [0, 0.05) is 25.2 Å². The Balaban J connectivity index is 2.82. The highest BCUT2D eigenvalue weighted by atomic mass is 16.6. The fourth-order valence-corrected chi connectivity index (χ4v) is 2.74. The van der Waals surface area contributed by atoms with Crippen molar-refractivity contribution in [2.45, 2.75) is 60.6 Å². The molecular formula is C22H38N5O4+. The molecule has 2 N–H and O–H groups in total. The van der Waals surface area contributed by atoms with E-state index < -0.39 is 11.7 Å². The van der Waals surface area contributed by atoms with Crippen LogP contribution in [0.1, 0.15) is 48.5 Å². The maximum Gasteiger partial charge on any atom is 0.422 e. The highest BCUT2D eigenvalue weighted by molar-refractivity contribution is 5.83. The SMILES string of the molecule is CC(C)CN(CC(=O)N(CC(C)C)NC(=O)C[n+]1ccccc1)NC(=O)OC(C)(C)C. The van der Waals surface area contributed by atoms with Crippen molar-refractivity contribution in [3.05, 3.63) is 30.6 Å². The molecule has 9 nitrogen and oxygen atoms in total. The van der Waals surface area contributed by atoms with Crippen LogP contribution in [0.15, 0.2) is 30.6 Å². The van der Waals surface area contributed by atoms with Crippen molar-refractivity contribution in [3.63, 3.8) is 0 Å². The minimum atomic E-state index is -0.648. The summed E-state index contributed by atoms with van der Waals surface area (Å²) in [5, 5.41) is 2.84. The van der Waals surface area contributed by atoms with Crippen LogP contribution in [0.4, 0.5) is 4.79 Å². The number of rotatable bonds is 9. The van der Waals surface area contributed by atoms with Crippen molar-refractivity contribution < 1.29 is 23.7 Å². The summed E-state index contributed by atoms with van der Waals surface area (Å²) >= 11 is 0. The molecule has 0 radical (unpaired) electrons. The molecule has 1 rings (SSSR count). The smallest absolute Gasteiger partial charge is 0.422 e. The van der Waals surface area contributed by atoms with Gasteiger partial charge in [-0.1, -0.05) is 33.8 Å². The van der Waals surface area contributed by atoms with Crippen molar-refractivity contribution in [1.29, 1.82) is 0 Å². The molecule has 0 atom stereocenters. The zero-order valence-corrected chi connectivity index (χ0v) is 19.8. The molecule has 0 aliphatic heterocycles. The molecular weight excluding hydrogens is 398 g/mol. The van der Waals surface area contributed by atoms with Crippen LogP contribution in [0.25, 0.3) is 0 Å². The van der Waals surface area contributed by atoms with Crippen LogP contribution in [-0.4, -0.2) is 53.2 Å². The molecule has 0 aromatic carbocycles. The maximum absolute atomic E-state index is 13.0. The molecule has 0 aliphatic rings. The third-order valence-electron chi connectivity index (χ3n) is 3.77. The first-order valence-corrected chi connectivity index (χ1v) is 10.6. The zero-order chi connectivity index (χ0) is 23.6. The lowest BCUT2D eigenvalue weighted by molar-refractivity contribution is -0.684. The summed E-state index contributed by atoms with van der Waals surface area (Å²) in [6.45, 7) is 14.0. The Morgan fingerprint density at radius 1 is 0.935 bits per heavy atom. The highest BCUT2D eigenvalue weighted by Crippen LogP contribution is 2.07. The fourth-order valence-electron chi connectivity index (χ4n) is 2.74. The quantitative estimate of drug-likeness (QED) is 0.455. The van der Waals surface area contributed by atoms with Gasteiger partial charge in [0.05, 0.1) is 6.54 Å². The number of carbonyl (C=O) groups is 3. The van der Waals surface area contributed by atoms with Gasteiger partial charge in [-0.05, 0) is 32.6 Å². The number of aromatic nitrogens is 1. The lowest BCUT2D eigenvalue weighted by Gasteiger charge is -2.30. The number of hydrazine groups is 2. The molecule has 0 unspecified atom stereocenters. The number of amides is 3. The van der Waals surface area contributed by atoms with Crippen LogP contribution in [0.2, 0.25) is 0 Å². The molecule has 9 heteroatoms. The van der Waals surface area contributed by atoms with Gasteiger partial charge in [-0.2, -0.15) is 4.57 Å². The van der Waals surface area contributed by atoms with Gasteiger partial charge in [-0.15, -0.1) is 0 Å². The van der Waals surface area contributed by atoms with E-state index in [1.807, 2.05) is 45.9 Å². The van der Waals surface area contributed by atoms with Gasteiger partial charge in [-0.25, -0.2) is 9.80 Å². The normalized spacial score (nSPS) is 11.5. The Labute approximate surface area is 185 Å². The van der Waals surface area contributed by atoms with Crippen molar-refractivity contribution in [1.82, 2.24) is 20.9 Å². The van der Waals surface area contributed by atoms with E-state index in [1.54, 1.807) is 37.7 Å². The van der Waals surface area contributed by atoms with E-state index in [9.17, 15) is 14.4 Å². The predicted octanol–water partition coefficient (Wildman–Crippen LogP) is 1.89. The van der Waals surface area contributed by atoms with E-state index in [0.29, 0.717) is 13.1 Å². The molecule has 1 aromatic heterocycles. The largest absolute Gasteiger partial charge is 0.443 e. The first-order chi connectivity index (χ1) is 14.4.